The van der Waals surface area contributed by atoms with Gasteiger partial charge in [-0.2, -0.15) is 0 Å². The maximum absolute atomic E-state index is 11.6. The number of benzene rings is 1. The first-order valence-electron chi connectivity index (χ1n) is 4.71. The standard InChI is InChI=1S/C12H12NO/c1-2-5-9-8-12(14)10-6-3-4-7-11(10)13-9/h3-4,6-8H,1-2,5H2,(H,13,14). The maximum atomic E-state index is 11.6. The molecule has 1 aromatic carbocycles. The molecule has 2 nitrogen and oxygen atoms in total. The number of pyridine rings is 1. The van der Waals surface area contributed by atoms with Crippen molar-refractivity contribution in [3.05, 3.63) is 53.2 Å². The number of H-pyrrole nitrogens is 1. The highest BCUT2D eigenvalue weighted by Crippen LogP contribution is 2.07. The molecular weight excluding hydrogens is 174 g/mol. The Morgan fingerprint density at radius 3 is 2.86 bits per heavy atom. The third kappa shape index (κ3) is 1.55. The molecule has 0 unspecified atom stereocenters. The van der Waals surface area contributed by atoms with Gasteiger partial charge in [0, 0.05) is 22.7 Å². The molecule has 0 aliphatic carbocycles. The number of hydrogen-bond acceptors (Lipinski definition) is 1. The van der Waals surface area contributed by atoms with E-state index in [2.05, 4.69) is 11.9 Å². The van der Waals surface area contributed by atoms with Crippen molar-refractivity contribution in [3.8, 4) is 0 Å². The molecular formula is C12H12NO. The number of fused-ring (bicyclic) bond motifs is 1. The fourth-order valence-corrected chi connectivity index (χ4v) is 1.58. The van der Waals surface area contributed by atoms with E-state index in [1.54, 1.807) is 6.07 Å². The van der Waals surface area contributed by atoms with Crippen LogP contribution in [0.15, 0.2) is 35.1 Å². The lowest BCUT2D eigenvalue weighted by Gasteiger charge is -2.01. The summed E-state index contributed by atoms with van der Waals surface area (Å²) >= 11 is 0. The summed E-state index contributed by atoms with van der Waals surface area (Å²) in [5.41, 5.74) is 1.95. The Hall–Kier alpha value is -1.57. The first-order chi connectivity index (χ1) is 6.81. The van der Waals surface area contributed by atoms with E-state index in [9.17, 15) is 4.79 Å². The molecule has 2 rings (SSSR count). The fraction of sp³-hybridized carbons (Fsp3) is 0.167. The SMILES string of the molecule is [CH2]CCc1cc(=O)c2ccccc2[nH]1. The molecule has 1 heterocycles. The van der Waals surface area contributed by atoms with Crippen LogP contribution in [0, 0.1) is 6.92 Å². The molecule has 1 radical (unpaired) electrons. The first-order valence-corrected chi connectivity index (χ1v) is 4.71. The van der Waals surface area contributed by atoms with Gasteiger partial charge in [-0.05, 0) is 25.0 Å². The summed E-state index contributed by atoms with van der Waals surface area (Å²) < 4.78 is 0. The van der Waals surface area contributed by atoms with Crippen LogP contribution in [0.2, 0.25) is 0 Å². The van der Waals surface area contributed by atoms with Gasteiger partial charge in [0.15, 0.2) is 5.43 Å². The Bertz CT molecular complexity index is 499. The largest absolute Gasteiger partial charge is 0.358 e. The van der Waals surface area contributed by atoms with Crippen molar-refractivity contribution in [2.75, 3.05) is 0 Å². The van der Waals surface area contributed by atoms with E-state index in [1.165, 1.54) is 0 Å². The topological polar surface area (TPSA) is 32.9 Å². The van der Waals surface area contributed by atoms with Crippen molar-refractivity contribution in [1.29, 1.82) is 0 Å². The minimum absolute atomic E-state index is 0.0859. The molecule has 0 aliphatic rings. The van der Waals surface area contributed by atoms with Gasteiger partial charge >= 0.3 is 0 Å². The van der Waals surface area contributed by atoms with Gasteiger partial charge < -0.3 is 4.98 Å². The molecule has 0 atom stereocenters. The second-order valence-corrected chi connectivity index (χ2v) is 3.31. The van der Waals surface area contributed by atoms with E-state index in [0.29, 0.717) is 0 Å². The second-order valence-electron chi connectivity index (χ2n) is 3.31. The van der Waals surface area contributed by atoms with Gasteiger partial charge in [-0.15, -0.1) is 0 Å². The average Bonchev–Trinajstić information content (AvgIpc) is 2.18. The molecule has 0 fully saturated rings. The molecule has 1 N–H and O–H groups in total. The van der Waals surface area contributed by atoms with Gasteiger partial charge in [0.25, 0.3) is 0 Å². The van der Waals surface area contributed by atoms with Gasteiger partial charge in [0.05, 0.1) is 0 Å². The molecule has 0 bridgehead atoms. The Balaban J connectivity index is 2.66. The van der Waals surface area contributed by atoms with Crippen molar-refractivity contribution in [2.45, 2.75) is 12.8 Å². The first kappa shape index (κ1) is 9.00. The zero-order valence-electron chi connectivity index (χ0n) is 7.92. The smallest absolute Gasteiger partial charge is 0.189 e. The summed E-state index contributed by atoms with van der Waals surface area (Å²) in [6, 6.07) is 9.21. The summed E-state index contributed by atoms with van der Waals surface area (Å²) in [6.07, 6.45) is 1.62. The zero-order chi connectivity index (χ0) is 9.97. The molecule has 0 saturated heterocycles. The number of nitrogens with one attached hydrogen (secondary N) is 1. The maximum Gasteiger partial charge on any atom is 0.189 e. The number of aromatic nitrogens is 1. The molecule has 0 amide bonds. The van der Waals surface area contributed by atoms with Gasteiger partial charge in [-0.3, -0.25) is 4.79 Å². The monoisotopic (exact) mass is 186 g/mol. The van der Waals surface area contributed by atoms with Crippen molar-refractivity contribution < 1.29 is 0 Å². The molecule has 0 saturated carbocycles. The van der Waals surface area contributed by atoms with Crippen LogP contribution in [-0.4, -0.2) is 4.98 Å². The quantitative estimate of drug-likeness (QED) is 0.766. The van der Waals surface area contributed by atoms with E-state index >= 15 is 0 Å². The summed E-state index contributed by atoms with van der Waals surface area (Å²) in [7, 11) is 0. The van der Waals surface area contributed by atoms with Gasteiger partial charge in [0.1, 0.15) is 0 Å². The summed E-state index contributed by atoms with van der Waals surface area (Å²) in [6.45, 7) is 3.77. The molecule has 1 aromatic heterocycles. The van der Waals surface area contributed by atoms with Gasteiger partial charge in [-0.1, -0.05) is 19.1 Å². The van der Waals surface area contributed by atoms with E-state index in [1.807, 2.05) is 24.3 Å². The fourth-order valence-electron chi connectivity index (χ4n) is 1.58. The van der Waals surface area contributed by atoms with E-state index in [4.69, 9.17) is 0 Å². The van der Waals surface area contributed by atoms with Crippen LogP contribution in [0.25, 0.3) is 10.9 Å². The minimum atomic E-state index is 0.0859. The average molecular weight is 186 g/mol. The minimum Gasteiger partial charge on any atom is -0.358 e. The van der Waals surface area contributed by atoms with Crippen molar-refractivity contribution in [1.82, 2.24) is 4.98 Å². The third-order valence-corrected chi connectivity index (χ3v) is 2.24. The number of rotatable bonds is 2. The Kier molecular flexibility index (Phi) is 2.35. The predicted octanol–water partition coefficient (Wildman–Crippen LogP) is 2.29. The van der Waals surface area contributed by atoms with Crippen LogP contribution in [0.4, 0.5) is 0 Å². The van der Waals surface area contributed by atoms with Crippen molar-refractivity contribution in [3.63, 3.8) is 0 Å². The lowest BCUT2D eigenvalue weighted by molar-refractivity contribution is 0.950. The zero-order valence-corrected chi connectivity index (χ0v) is 7.92. The molecule has 71 valence electrons. The molecule has 0 aliphatic heterocycles. The van der Waals surface area contributed by atoms with Crippen LogP contribution in [0.1, 0.15) is 12.1 Å². The Morgan fingerprint density at radius 2 is 2.07 bits per heavy atom. The van der Waals surface area contributed by atoms with Crippen LogP contribution < -0.4 is 5.43 Å². The molecule has 0 spiro atoms. The molecule has 2 aromatic rings. The Labute approximate surface area is 82.6 Å². The van der Waals surface area contributed by atoms with Gasteiger partial charge in [-0.25, -0.2) is 0 Å². The summed E-state index contributed by atoms with van der Waals surface area (Å²) in [5, 5.41) is 0.750. The highest BCUT2D eigenvalue weighted by Gasteiger charge is 1.99. The Morgan fingerprint density at radius 1 is 1.29 bits per heavy atom. The highest BCUT2D eigenvalue weighted by atomic mass is 16.1. The number of aromatic amines is 1. The summed E-state index contributed by atoms with van der Waals surface area (Å²) in [5.74, 6) is 0. The van der Waals surface area contributed by atoms with Crippen molar-refractivity contribution in [2.24, 2.45) is 0 Å². The van der Waals surface area contributed by atoms with Crippen molar-refractivity contribution >= 4 is 10.9 Å². The number of aryl methyl sites for hydroxylation is 1. The molecule has 2 heteroatoms. The van der Waals surface area contributed by atoms with Crippen LogP contribution >= 0.6 is 0 Å². The number of para-hydroxylation sites is 1. The lowest BCUT2D eigenvalue weighted by atomic mass is 10.1. The van der Waals surface area contributed by atoms with E-state index in [0.717, 1.165) is 29.4 Å². The summed E-state index contributed by atoms with van der Waals surface area (Å²) in [4.78, 5) is 14.9. The second kappa shape index (κ2) is 3.66. The third-order valence-electron chi connectivity index (χ3n) is 2.24. The predicted molar refractivity (Wildman–Crippen MR) is 58.2 cm³/mol. The van der Waals surface area contributed by atoms with Crippen LogP contribution in [0.5, 0.6) is 0 Å². The van der Waals surface area contributed by atoms with E-state index in [-0.39, 0.29) is 5.43 Å². The van der Waals surface area contributed by atoms with Crippen LogP contribution in [-0.2, 0) is 6.42 Å². The van der Waals surface area contributed by atoms with E-state index < -0.39 is 0 Å². The lowest BCUT2D eigenvalue weighted by Crippen LogP contribution is -2.04. The molecule has 14 heavy (non-hydrogen) atoms. The number of hydrogen-bond donors (Lipinski definition) is 1. The highest BCUT2D eigenvalue weighted by molar-refractivity contribution is 5.78. The normalized spacial score (nSPS) is 10.6. The van der Waals surface area contributed by atoms with Crippen LogP contribution in [0.3, 0.4) is 0 Å². The van der Waals surface area contributed by atoms with Gasteiger partial charge in [0.2, 0.25) is 0 Å².